The van der Waals surface area contributed by atoms with Crippen molar-refractivity contribution in [3.05, 3.63) is 66.4 Å². The van der Waals surface area contributed by atoms with E-state index in [4.69, 9.17) is 4.74 Å². The molecule has 0 aliphatic rings. The quantitative estimate of drug-likeness (QED) is 0.373. The van der Waals surface area contributed by atoms with Gasteiger partial charge >= 0.3 is 0 Å². The van der Waals surface area contributed by atoms with Gasteiger partial charge in [-0.05, 0) is 42.0 Å². The van der Waals surface area contributed by atoms with Crippen LogP contribution in [0.3, 0.4) is 0 Å². The van der Waals surface area contributed by atoms with Crippen molar-refractivity contribution in [3.63, 3.8) is 0 Å². The Morgan fingerprint density at radius 2 is 1.81 bits per heavy atom. The fourth-order valence-corrected chi connectivity index (χ4v) is 3.80. The molecule has 166 valence electrons. The molecule has 0 radical (unpaired) electrons. The third-order valence-corrected chi connectivity index (χ3v) is 6.23. The summed E-state index contributed by atoms with van der Waals surface area (Å²) in [7, 11) is -0.216. The highest BCUT2D eigenvalue weighted by Gasteiger charge is 2.16. The SMILES string of the molecule is COc1ccc(Nc2nc(NCc3ccccc3N(C)S(C)(=O)=O)c3cc[nH]c3n2)cc1. The number of hydrogen-bond acceptors (Lipinski definition) is 7. The van der Waals surface area contributed by atoms with Gasteiger partial charge in [0.1, 0.15) is 17.2 Å². The van der Waals surface area contributed by atoms with Crippen molar-refractivity contribution in [1.82, 2.24) is 15.0 Å². The minimum Gasteiger partial charge on any atom is -0.497 e. The number of benzene rings is 2. The van der Waals surface area contributed by atoms with Crippen LogP contribution >= 0.6 is 0 Å². The highest BCUT2D eigenvalue weighted by molar-refractivity contribution is 7.92. The summed E-state index contributed by atoms with van der Waals surface area (Å²) in [5.74, 6) is 1.81. The van der Waals surface area contributed by atoms with E-state index in [9.17, 15) is 8.42 Å². The normalized spacial score (nSPS) is 11.3. The summed E-state index contributed by atoms with van der Waals surface area (Å²) >= 11 is 0. The molecule has 0 aliphatic carbocycles. The van der Waals surface area contributed by atoms with E-state index in [2.05, 4.69) is 25.6 Å². The lowest BCUT2D eigenvalue weighted by Gasteiger charge is -2.20. The van der Waals surface area contributed by atoms with E-state index in [1.807, 2.05) is 48.5 Å². The first kappa shape index (κ1) is 21.4. The Labute approximate surface area is 186 Å². The summed E-state index contributed by atoms with van der Waals surface area (Å²) in [6.45, 7) is 0.384. The average Bonchev–Trinajstić information content (AvgIpc) is 3.26. The van der Waals surface area contributed by atoms with Crippen LogP contribution in [0.5, 0.6) is 5.75 Å². The Balaban J connectivity index is 1.61. The van der Waals surface area contributed by atoms with Crippen LogP contribution in [0, 0.1) is 0 Å². The van der Waals surface area contributed by atoms with E-state index in [0.717, 1.165) is 22.4 Å². The Bertz CT molecular complexity index is 1340. The van der Waals surface area contributed by atoms with E-state index in [1.165, 1.54) is 10.6 Å². The maximum atomic E-state index is 12.0. The lowest BCUT2D eigenvalue weighted by Crippen LogP contribution is -2.26. The molecule has 0 spiro atoms. The highest BCUT2D eigenvalue weighted by atomic mass is 32.2. The van der Waals surface area contributed by atoms with Crippen molar-refractivity contribution in [2.75, 3.05) is 35.4 Å². The number of aromatic amines is 1. The lowest BCUT2D eigenvalue weighted by molar-refractivity contribution is 0.415. The Morgan fingerprint density at radius 1 is 1.06 bits per heavy atom. The first-order chi connectivity index (χ1) is 15.3. The van der Waals surface area contributed by atoms with Gasteiger partial charge in [0.05, 0.1) is 24.4 Å². The molecular formula is C22H24N6O3S. The first-order valence-corrected chi connectivity index (χ1v) is 11.7. The molecule has 2 aromatic carbocycles. The van der Waals surface area contributed by atoms with Crippen molar-refractivity contribution < 1.29 is 13.2 Å². The molecule has 0 aliphatic heterocycles. The zero-order chi connectivity index (χ0) is 22.7. The number of nitrogens with one attached hydrogen (secondary N) is 3. The van der Waals surface area contributed by atoms with Crippen molar-refractivity contribution in [2.45, 2.75) is 6.54 Å². The monoisotopic (exact) mass is 452 g/mol. The van der Waals surface area contributed by atoms with Crippen LogP contribution in [0.15, 0.2) is 60.8 Å². The third kappa shape index (κ3) is 4.59. The number of para-hydroxylation sites is 1. The van der Waals surface area contributed by atoms with Gasteiger partial charge in [0.15, 0.2) is 0 Å². The summed E-state index contributed by atoms with van der Waals surface area (Å²) in [4.78, 5) is 12.3. The van der Waals surface area contributed by atoms with E-state index >= 15 is 0 Å². The molecule has 0 unspecified atom stereocenters. The third-order valence-electron chi connectivity index (χ3n) is 5.04. The van der Waals surface area contributed by atoms with E-state index < -0.39 is 10.0 Å². The van der Waals surface area contributed by atoms with Crippen LogP contribution in [0.1, 0.15) is 5.56 Å². The number of sulfonamides is 1. The van der Waals surface area contributed by atoms with Gasteiger partial charge < -0.3 is 20.4 Å². The summed E-state index contributed by atoms with van der Waals surface area (Å²) in [5, 5.41) is 7.36. The molecule has 0 saturated heterocycles. The largest absolute Gasteiger partial charge is 0.497 e. The van der Waals surface area contributed by atoms with Crippen molar-refractivity contribution in [1.29, 1.82) is 0 Å². The van der Waals surface area contributed by atoms with E-state index in [-0.39, 0.29) is 0 Å². The molecule has 9 nitrogen and oxygen atoms in total. The molecule has 4 rings (SSSR count). The van der Waals surface area contributed by atoms with Gasteiger partial charge in [0.2, 0.25) is 16.0 Å². The van der Waals surface area contributed by atoms with Gasteiger partial charge in [0, 0.05) is 25.5 Å². The van der Waals surface area contributed by atoms with Crippen LogP contribution in [-0.2, 0) is 16.6 Å². The number of rotatable bonds is 8. The summed E-state index contributed by atoms with van der Waals surface area (Å²) in [5.41, 5.74) is 2.94. The standard InChI is InChI=1S/C22H24N6O3S/c1-28(32(3,29)30)19-7-5-4-6-15(19)14-24-21-18-12-13-23-20(18)26-22(27-21)25-16-8-10-17(31-2)11-9-16/h4-13H,14H2,1-3H3,(H3,23,24,25,26,27). The number of nitrogens with zero attached hydrogens (tertiary/aromatic N) is 3. The van der Waals surface area contributed by atoms with E-state index in [1.54, 1.807) is 26.4 Å². The molecule has 32 heavy (non-hydrogen) atoms. The smallest absolute Gasteiger partial charge is 0.232 e. The van der Waals surface area contributed by atoms with Gasteiger partial charge in [-0.3, -0.25) is 4.31 Å². The second kappa shape index (κ2) is 8.75. The topological polar surface area (TPSA) is 112 Å². The zero-order valence-corrected chi connectivity index (χ0v) is 18.8. The minimum absolute atomic E-state index is 0.384. The van der Waals surface area contributed by atoms with Gasteiger partial charge in [0.25, 0.3) is 0 Å². The molecule has 2 aromatic heterocycles. The maximum absolute atomic E-state index is 12.0. The van der Waals surface area contributed by atoms with Crippen molar-refractivity contribution in [3.8, 4) is 5.75 Å². The number of aromatic nitrogens is 3. The number of H-pyrrole nitrogens is 1. The van der Waals surface area contributed by atoms with Crippen LogP contribution in [0.4, 0.5) is 23.1 Å². The van der Waals surface area contributed by atoms with Gasteiger partial charge in [-0.15, -0.1) is 0 Å². The molecule has 0 fully saturated rings. The second-order valence-corrected chi connectivity index (χ2v) is 9.22. The van der Waals surface area contributed by atoms with Crippen molar-refractivity contribution >= 4 is 44.2 Å². The molecule has 0 bridgehead atoms. The van der Waals surface area contributed by atoms with Crippen LogP contribution in [-0.4, -0.2) is 43.8 Å². The summed E-state index contributed by atoms with van der Waals surface area (Å²) < 4.78 is 30.5. The van der Waals surface area contributed by atoms with Crippen molar-refractivity contribution in [2.24, 2.45) is 0 Å². The molecule has 2 heterocycles. The second-order valence-electron chi connectivity index (χ2n) is 7.20. The van der Waals surface area contributed by atoms with Crippen LogP contribution < -0.4 is 19.7 Å². The maximum Gasteiger partial charge on any atom is 0.232 e. The molecule has 0 saturated carbocycles. The van der Waals surface area contributed by atoms with Gasteiger partial charge in [-0.1, -0.05) is 18.2 Å². The van der Waals surface area contributed by atoms with Gasteiger partial charge in [-0.2, -0.15) is 9.97 Å². The zero-order valence-electron chi connectivity index (χ0n) is 18.0. The molecular weight excluding hydrogens is 428 g/mol. The molecule has 3 N–H and O–H groups in total. The number of anilines is 4. The van der Waals surface area contributed by atoms with Crippen LogP contribution in [0.2, 0.25) is 0 Å². The van der Waals surface area contributed by atoms with E-state index in [0.29, 0.717) is 29.6 Å². The molecule has 4 aromatic rings. The molecule has 0 amide bonds. The average molecular weight is 453 g/mol. The fourth-order valence-electron chi connectivity index (χ4n) is 3.26. The molecule has 10 heteroatoms. The number of hydrogen-bond donors (Lipinski definition) is 3. The number of ether oxygens (including phenoxy) is 1. The lowest BCUT2D eigenvalue weighted by atomic mass is 10.1. The summed E-state index contributed by atoms with van der Waals surface area (Å²) in [6, 6.07) is 16.7. The Kier molecular flexibility index (Phi) is 5.87. The van der Waals surface area contributed by atoms with Gasteiger partial charge in [-0.25, -0.2) is 8.42 Å². The predicted molar refractivity (Wildman–Crippen MR) is 127 cm³/mol. The minimum atomic E-state index is -3.38. The number of fused-ring (bicyclic) bond motifs is 1. The first-order valence-electron chi connectivity index (χ1n) is 9.87. The van der Waals surface area contributed by atoms with Crippen LogP contribution in [0.25, 0.3) is 11.0 Å². The Hall–Kier alpha value is -3.79. The highest BCUT2D eigenvalue weighted by Crippen LogP contribution is 2.26. The number of methoxy groups -OCH3 is 1. The predicted octanol–water partition coefficient (Wildman–Crippen LogP) is 3.72. The Morgan fingerprint density at radius 3 is 2.53 bits per heavy atom. The summed E-state index contributed by atoms with van der Waals surface area (Å²) in [6.07, 6.45) is 2.98. The molecule has 0 atom stereocenters. The fraction of sp³-hybridized carbons (Fsp3) is 0.182.